The third kappa shape index (κ3) is 5.65. The monoisotopic (exact) mass is 572 g/mol. The summed E-state index contributed by atoms with van der Waals surface area (Å²) in [4.78, 5) is 62.4. The molecule has 0 spiro atoms. The van der Waals surface area contributed by atoms with Crippen LogP contribution in [0.5, 0.6) is 0 Å². The summed E-state index contributed by atoms with van der Waals surface area (Å²) in [5, 5.41) is 6.02. The Morgan fingerprint density at radius 2 is 1.78 bits per heavy atom. The van der Waals surface area contributed by atoms with Gasteiger partial charge in [0.05, 0.1) is 0 Å². The maximum atomic E-state index is 12.9. The van der Waals surface area contributed by atoms with Crippen LogP contribution in [0, 0.1) is 5.92 Å². The topological polar surface area (TPSA) is 125 Å². The van der Waals surface area contributed by atoms with Crippen LogP contribution in [0.4, 0.5) is 5.95 Å². The van der Waals surface area contributed by atoms with E-state index in [1.165, 1.54) is 4.90 Å². The number of aromatic nitrogens is 2. The van der Waals surface area contributed by atoms with E-state index in [2.05, 4.69) is 25.5 Å². The minimum Gasteiger partial charge on any atom is -0.352 e. The molecule has 2 fully saturated rings. The fraction of sp³-hybridized carbons (Fsp3) is 0.333. The first-order valence-electron chi connectivity index (χ1n) is 13.7. The Morgan fingerprint density at radius 1 is 1.00 bits per heavy atom. The molecule has 0 bridgehead atoms. The average Bonchev–Trinajstić information content (AvgIpc) is 3.31. The molecule has 0 radical (unpaired) electrons. The van der Waals surface area contributed by atoms with Crippen molar-refractivity contribution in [1.82, 2.24) is 25.5 Å². The molecule has 10 nitrogen and oxygen atoms in total. The summed E-state index contributed by atoms with van der Waals surface area (Å²) in [6.07, 6.45) is 5.94. The van der Waals surface area contributed by atoms with Gasteiger partial charge in [-0.1, -0.05) is 23.7 Å². The van der Waals surface area contributed by atoms with Gasteiger partial charge in [-0.25, -0.2) is 9.97 Å². The zero-order chi connectivity index (χ0) is 28.5. The zero-order valence-electron chi connectivity index (χ0n) is 22.3. The lowest BCUT2D eigenvalue weighted by Crippen LogP contribution is -2.52. The number of hydrogen-bond donors (Lipinski definition) is 2. The van der Waals surface area contributed by atoms with Crippen LogP contribution in [0.2, 0.25) is 5.02 Å². The van der Waals surface area contributed by atoms with E-state index in [1.54, 1.807) is 18.2 Å². The predicted molar refractivity (Wildman–Crippen MR) is 152 cm³/mol. The summed E-state index contributed by atoms with van der Waals surface area (Å²) < 4.78 is 0. The van der Waals surface area contributed by atoms with Gasteiger partial charge in [0.25, 0.3) is 11.8 Å². The number of piperidine rings is 2. The van der Waals surface area contributed by atoms with E-state index < -0.39 is 11.9 Å². The summed E-state index contributed by atoms with van der Waals surface area (Å²) in [5.41, 5.74) is 3.56. The zero-order valence-corrected chi connectivity index (χ0v) is 23.1. The van der Waals surface area contributed by atoms with E-state index in [9.17, 15) is 19.2 Å². The van der Waals surface area contributed by atoms with Crippen molar-refractivity contribution in [3.63, 3.8) is 0 Å². The SMILES string of the molecule is O=C1CCC(N2Cc3cc(C(=O)NCC4CCN(c5ncc(-c6cccc(Cl)c6)cn5)CC4)ccc3C2=O)C(=O)N1. The van der Waals surface area contributed by atoms with Crippen LogP contribution in [0.15, 0.2) is 54.9 Å². The quantitative estimate of drug-likeness (QED) is 0.435. The number of nitrogens with zero attached hydrogens (tertiary/aromatic N) is 4. The molecule has 11 heteroatoms. The van der Waals surface area contributed by atoms with Gasteiger partial charge >= 0.3 is 0 Å². The summed E-state index contributed by atoms with van der Waals surface area (Å²) in [6, 6.07) is 11.9. The molecule has 210 valence electrons. The lowest BCUT2D eigenvalue weighted by atomic mass is 9.96. The van der Waals surface area contributed by atoms with Gasteiger partial charge in [-0.3, -0.25) is 24.5 Å². The minimum atomic E-state index is -0.679. The number of fused-ring (bicyclic) bond motifs is 1. The lowest BCUT2D eigenvalue weighted by molar-refractivity contribution is -0.136. The molecule has 3 aliphatic rings. The molecule has 1 atom stereocenters. The fourth-order valence-electron chi connectivity index (χ4n) is 5.69. The van der Waals surface area contributed by atoms with Gasteiger partial charge in [-0.15, -0.1) is 0 Å². The number of carbonyl (C=O) groups excluding carboxylic acids is 4. The van der Waals surface area contributed by atoms with Crippen LogP contribution in [0.25, 0.3) is 11.1 Å². The Hall–Kier alpha value is -4.31. The second-order valence-corrected chi connectivity index (χ2v) is 11.1. The highest BCUT2D eigenvalue weighted by atomic mass is 35.5. The molecule has 0 saturated carbocycles. The Morgan fingerprint density at radius 3 is 2.51 bits per heavy atom. The van der Waals surface area contributed by atoms with Crippen molar-refractivity contribution in [2.24, 2.45) is 5.92 Å². The van der Waals surface area contributed by atoms with E-state index >= 15 is 0 Å². The molecule has 2 N–H and O–H groups in total. The maximum Gasteiger partial charge on any atom is 0.255 e. The standard InChI is InChI=1S/C30H29ClN6O4/c31-23-3-1-2-19(13-23)22-15-33-30(34-16-22)36-10-8-18(9-11-36)14-32-27(39)20-4-5-24-21(12-20)17-37(29(24)41)25-6-7-26(38)35-28(25)40/h1-5,12-13,15-16,18,25H,6-11,14,17H2,(H,32,39)(H,35,38,40). The Labute approximate surface area is 242 Å². The van der Waals surface area contributed by atoms with Crippen molar-refractivity contribution in [2.75, 3.05) is 24.5 Å². The predicted octanol–water partition coefficient (Wildman–Crippen LogP) is 3.20. The molecule has 1 unspecified atom stereocenters. The van der Waals surface area contributed by atoms with Crippen LogP contribution in [-0.2, 0) is 16.1 Å². The first-order valence-corrected chi connectivity index (χ1v) is 14.1. The second-order valence-electron chi connectivity index (χ2n) is 10.7. The van der Waals surface area contributed by atoms with Gasteiger partial charge < -0.3 is 15.1 Å². The summed E-state index contributed by atoms with van der Waals surface area (Å²) >= 11 is 6.10. The molecule has 2 aromatic carbocycles. The van der Waals surface area contributed by atoms with Gasteiger partial charge in [0.1, 0.15) is 6.04 Å². The first kappa shape index (κ1) is 26.9. The molecule has 6 rings (SSSR count). The number of nitrogens with one attached hydrogen (secondary N) is 2. The van der Waals surface area contributed by atoms with Gasteiger partial charge in [0, 0.05) is 66.7 Å². The third-order valence-electron chi connectivity index (χ3n) is 8.03. The van der Waals surface area contributed by atoms with Crippen molar-refractivity contribution in [3.8, 4) is 11.1 Å². The summed E-state index contributed by atoms with van der Waals surface area (Å²) in [7, 11) is 0. The normalized spacial score (nSPS) is 19.2. The van der Waals surface area contributed by atoms with Gasteiger partial charge in [0.15, 0.2) is 0 Å². The molecule has 3 aromatic rings. The Kier molecular flexibility index (Phi) is 7.40. The second kappa shape index (κ2) is 11.3. The number of imide groups is 1. The van der Waals surface area contributed by atoms with Crippen LogP contribution < -0.4 is 15.5 Å². The van der Waals surface area contributed by atoms with E-state index in [0.29, 0.717) is 46.5 Å². The van der Waals surface area contributed by atoms with E-state index in [1.807, 2.05) is 36.7 Å². The highest BCUT2D eigenvalue weighted by Crippen LogP contribution is 2.29. The van der Waals surface area contributed by atoms with Crippen molar-refractivity contribution in [2.45, 2.75) is 38.3 Å². The first-order chi connectivity index (χ1) is 19.9. The number of hydrogen-bond acceptors (Lipinski definition) is 7. The van der Waals surface area contributed by atoms with E-state index in [0.717, 1.165) is 37.1 Å². The van der Waals surface area contributed by atoms with Crippen molar-refractivity contribution in [3.05, 3.63) is 76.6 Å². The van der Waals surface area contributed by atoms with Gasteiger partial charge in [0.2, 0.25) is 17.8 Å². The minimum absolute atomic E-state index is 0.193. The number of benzene rings is 2. The third-order valence-corrected chi connectivity index (χ3v) is 8.27. The maximum absolute atomic E-state index is 12.9. The average molecular weight is 573 g/mol. The van der Waals surface area contributed by atoms with E-state index in [-0.39, 0.29) is 30.7 Å². The fourth-order valence-corrected chi connectivity index (χ4v) is 5.88. The van der Waals surface area contributed by atoms with Crippen LogP contribution in [0.1, 0.15) is 52.0 Å². The molecule has 0 aliphatic carbocycles. The highest BCUT2D eigenvalue weighted by molar-refractivity contribution is 6.30. The van der Waals surface area contributed by atoms with Gasteiger partial charge in [-0.2, -0.15) is 0 Å². The van der Waals surface area contributed by atoms with Crippen molar-refractivity contribution in [1.29, 1.82) is 0 Å². The van der Waals surface area contributed by atoms with Crippen molar-refractivity contribution >= 4 is 41.2 Å². The van der Waals surface area contributed by atoms with E-state index in [4.69, 9.17) is 11.6 Å². The Balaban J connectivity index is 1.00. The Bertz CT molecular complexity index is 1520. The van der Waals surface area contributed by atoms with Crippen LogP contribution >= 0.6 is 11.6 Å². The molecule has 3 aliphatic heterocycles. The molecule has 1 aromatic heterocycles. The van der Waals surface area contributed by atoms with Gasteiger partial charge in [-0.05, 0) is 66.6 Å². The molecule has 41 heavy (non-hydrogen) atoms. The summed E-state index contributed by atoms with van der Waals surface area (Å²) in [5.74, 6) is -0.194. The molecule has 4 amide bonds. The number of anilines is 1. The molecular weight excluding hydrogens is 544 g/mol. The molecular formula is C30H29ClN6O4. The number of amides is 4. The molecule has 4 heterocycles. The molecule has 2 saturated heterocycles. The highest BCUT2D eigenvalue weighted by Gasteiger charge is 2.39. The van der Waals surface area contributed by atoms with Crippen LogP contribution in [0.3, 0.4) is 0 Å². The number of rotatable bonds is 6. The number of carbonyl (C=O) groups is 4. The smallest absolute Gasteiger partial charge is 0.255 e. The largest absolute Gasteiger partial charge is 0.352 e. The van der Waals surface area contributed by atoms with Crippen molar-refractivity contribution < 1.29 is 19.2 Å². The summed E-state index contributed by atoms with van der Waals surface area (Å²) in [6.45, 7) is 2.39. The lowest BCUT2D eigenvalue weighted by Gasteiger charge is -2.32. The van der Waals surface area contributed by atoms with Crippen LogP contribution in [-0.4, -0.2) is 64.2 Å². The number of halogens is 1.